The van der Waals surface area contributed by atoms with Crippen molar-refractivity contribution in [2.45, 2.75) is 19.8 Å². The summed E-state index contributed by atoms with van der Waals surface area (Å²) in [5.41, 5.74) is 3.48. The van der Waals surface area contributed by atoms with Crippen LogP contribution in [0.15, 0.2) is 48.5 Å². The van der Waals surface area contributed by atoms with Gasteiger partial charge in [0.05, 0.1) is 0 Å². The summed E-state index contributed by atoms with van der Waals surface area (Å²) in [5.74, 6) is 0.0626. The van der Waals surface area contributed by atoms with Gasteiger partial charge in [-0.25, -0.2) is 4.39 Å². The van der Waals surface area contributed by atoms with E-state index >= 15 is 0 Å². The lowest BCUT2D eigenvalue weighted by Gasteiger charge is -2.13. The summed E-state index contributed by atoms with van der Waals surface area (Å²) in [6.45, 7) is 4.17. The molecule has 0 bridgehead atoms. The van der Waals surface area contributed by atoms with Gasteiger partial charge in [-0.1, -0.05) is 48.9 Å². The van der Waals surface area contributed by atoms with E-state index < -0.39 is 0 Å². The molecule has 2 aromatic rings. The number of benzene rings is 2. The fourth-order valence-corrected chi connectivity index (χ4v) is 1.91. The molecule has 0 spiro atoms. The zero-order valence-corrected chi connectivity index (χ0v) is 9.57. The van der Waals surface area contributed by atoms with Crippen molar-refractivity contribution in [1.82, 2.24) is 0 Å². The summed E-state index contributed by atoms with van der Waals surface area (Å²) < 4.78 is 13.1. The molecule has 1 unspecified atom stereocenters. The van der Waals surface area contributed by atoms with Gasteiger partial charge in [0.15, 0.2) is 0 Å². The van der Waals surface area contributed by atoms with E-state index in [9.17, 15) is 4.39 Å². The smallest absolute Gasteiger partial charge is 0.123 e. The van der Waals surface area contributed by atoms with E-state index in [1.54, 1.807) is 12.1 Å². The van der Waals surface area contributed by atoms with Gasteiger partial charge in [0, 0.05) is 5.92 Å². The van der Waals surface area contributed by atoms with E-state index in [1.807, 2.05) is 12.1 Å². The van der Waals surface area contributed by atoms with Gasteiger partial charge in [0.1, 0.15) is 5.82 Å². The second kappa shape index (κ2) is 4.48. The summed E-state index contributed by atoms with van der Waals surface area (Å²) in [4.78, 5) is 0. The van der Waals surface area contributed by atoms with Crippen molar-refractivity contribution in [3.63, 3.8) is 0 Å². The van der Waals surface area contributed by atoms with Gasteiger partial charge < -0.3 is 0 Å². The largest absolute Gasteiger partial charge is 0.207 e. The Balaban J connectivity index is 2.35. The zero-order chi connectivity index (χ0) is 11.5. The average molecular weight is 214 g/mol. The van der Waals surface area contributed by atoms with Crippen LogP contribution in [0.25, 0.3) is 0 Å². The summed E-state index contributed by atoms with van der Waals surface area (Å²) in [7, 11) is 0. The second-order valence-corrected chi connectivity index (χ2v) is 4.19. The minimum Gasteiger partial charge on any atom is -0.207 e. The Kier molecular flexibility index (Phi) is 3.04. The molecule has 16 heavy (non-hydrogen) atoms. The average Bonchev–Trinajstić information content (AvgIpc) is 2.28. The first kappa shape index (κ1) is 10.9. The number of rotatable bonds is 2. The Morgan fingerprint density at radius 2 is 1.56 bits per heavy atom. The number of halogens is 1. The summed E-state index contributed by atoms with van der Waals surface area (Å²) >= 11 is 0. The molecule has 82 valence electrons. The minimum absolute atomic E-state index is 0.169. The highest BCUT2D eigenvalue weighted by molar-refractivity contribution is 5.33. The molecule has 0 radical (unpaired) electrons. The van der Waals surface area contributed by atoms with Crippen molar-refractivity contribution in [1.29, 1.82) is 0 Å². The van der Waals surface area contributed by atoms with E-state index in [2.05, 4.69) is 32.0 Å². The Bertz CT molecular complexity index is 443. The van der Waals surface area contributed by atoms with Gasteiger partial charge in [-0.3, -0.25) is 0 Å². The monoisotopic (exact) mass is 214 g/mol. The zero-order valence-electron chi connectivity index (χ0n) is 9.57. The van der Waals surface area contributed by atoms with Crippen LogP contribution in [0.2, 0.25) is 0 Å². The van der Waals surface area contributed by atoms with Gasteiger partial charge in [0.25, 0.3) is 0 Å². The minimum atomic E-state index is -0.169. The third-order valence-electron chi connectivity index (χ3n) is 2.89. The quantitative estimate of drug-likeness (QED) is 0.699. The predicted octanol–water partition coefficient (Wildman–Crippen LogP) is 4.29. The van der Waals surface area contributed by atoms with E-state index in [0.29, 0.717) is 0 Å². The molecule has 1 heteroatoms. The van der Waals surface area contributed by atoms with Crippen LogP contribution in [0.1, 0.15) is 29.5 Å². The van der Waals surface area contributed by atoms with Crippen LogP contribution in [-0.2, 0) is 0 Å². The first-order valence-corrected chi connectivity index (χ1v) is 5.49. The summed E-state index contributed by atoms with van der Waals surface area (Å²) in [5, 5.41) is 0. The fourth-order valence-electron chi connectivity index (χ4n) is 1.91. The normalized spacial score (nSPS) is 12.4. The van der Waals surface area contributed by atoms with E-state index in [0.717, 1.165) is 5.56 Å². The maximum absolute atomic E-state index is 13.1. The standard InChI is InChI=1S/C15H15F/c1-11-5-3-6-13(9-11)12(2)14-7-4-8-15(16)10-14/h3-10,12H,1-2H3. The molecule has 0 aliphatic heterocycles. The van der Waals surface area contributed by atoms with Crippen LogP contribution in [0.4, 0.5) is 4.39 Å². The second-order valence-electron chi connectivity index (χ2n) is 4.19. The van der Waals surface area contributed by atoms with Gasteiger partial charge >= 0.3 is 0 Å². The SMILES string of the molecule is Cc1cccc(C(C)c2cccc(F)c2)c1. The highest BCUT2D eigenvalue weighted by atomic mass is 19.1. The van der Waals surface area contributed by atoms with Crippen LogP contribution in [-0.4, -0.2) is 0 Å². The van der Waals surface area contributed by atoms with Crippen LogP contribution >= 0.6 is 0 Å². The summed E-state index contributed by atoms with van der Waals surface area (Å²) in [6.07, 6.45) is 0. The molecule has 0 saturated carbocycles. The van der Waals surface area contributed by atoms with Crippen molar-refractivity contribution in [2.75, 3.05) is 0 Å². The maximum atomic E-state index is 13.1. The van der Waals surface area contributed by atoms with Crippen LogP contribution in [0.3, 0.4) is 0 Å². The first-order chi connectivity index (χ1) is 7.66. The van der Waals surface area contributed by atoms with Gasteiger partial charge in [-0.05, 0) is 30.2 Å². The van der Waals surface area contributed by atoms with Crippen molar-refractivity contribution in [2.24, 2.45) is 0 Å². The van der Waals surface area contributed by atoms with Crippen molar-refractivity contribution in [3.8, 4) is 0 Å². The highest BCUT2D eigenvalue weighted by Crippen LogP contribution is 2.24. The lowest BCUT2D eigenvalue weighted by molar-refractivity contribution is 0.624. The lowest BCUT2D eigenvalue weighted by atomic mass is 9.92. The molecule has 0 nitrogen and oxygen atoms in total. The highest BCUT2D eigenvalue weighted by Gasteiger charge is 2.08. The molecule has 2 aromatic carbocycles. The molecule has 1 atom stereocenters. The van der Waals surface area contributed by atoms with Crippen molar-refractivity contribution >= 4 is 0 Å². The van der Waals surface area contributed by atoms with Gasteiger partial charge in [-0.15, -0.1) is 0 Å². The first-order valence-electron chi connectivity index (χ1n) is 5.49. The third-order valence-corrected chi connectivity index (χ3v) is 2.89. The van der Waals surface area contributed by atoms with E-state index in [-0.39, 0.29) is 11.7 Å². The van der Waals surface area contributed by atoms with Gasteiger partial charge in [0.2, 0.25) is 0 Å². The number of hydrogen-bond acceptors (Lipinski definition) is 0. The van der Waals surface area contributed by atoms with Crippen LogP contribution in [0, 0.1) is 12.7 Å². The fraction of sp³-hybridized carbons (Fsp3) is 0.200. The molecule has 0 N–H and O–H groups in total. The Hall–Kier alpha value is -1.63. The van der Waals surface area contributed by atoms with Crippen LogP contribution in [0.5, 0.6) is 0 Å². The predicted molar refractivity (Wildman–Crippen MR) is 65.1 cm³/mol. The summed E-state index contributed by atoms with van der Waals surface area (Å²) in [6, 6.07) is 15.2. The van der Waals surface area contributed by atoms with Gasteiger partial charge in [-0.2, -0.15) is 0 Å². The van der Waals surface area contributed by atoms with Crippen molar-refractivity contribution in [3.05, 3.63) is 71.0 Å². The number of aryl methyl sites for hydroxylation is 1. The molecule has 2 rings (SSSR count). The molecule has 0 aliphatic rings. The van der Waals surface area contributed by atoms with E-state index in [1.165, 1.54) is 17.2 Å². The third kappa shape index (κ3) is 2.30. The maximum Gasteiger partial charge on any atom is 0.123 e. The Labute approximate surface area is 95.7 Å². The molecule has 0 aromatic heterocycles. The Morgan fingerprint density at radius 3 is 2.19 bits per heavy atom. The lowest BCUT2D eigenvalue weighted by Crippen LogP contribution is -1.96. The molecule has 0 fully saturated rings. The van der Waals surface area contributed by atoms with E-state index in [4.69, 9.17) is 0 Å². The molecule has 0 heterocycles. The molecule has 0 aliphatic carbocycles. The molecule has 0 amide bonds. The molecular weight excluding hydrogens is 199 g/mol. The molecular formula is C15H15F. The Morgan fingerprint density at radius 1 is 0.938 bits per heavy atom. The number of hydrogen-bond donors (Lipinski definition) is 0. The van der Waals surface area contributed by atoms with Crippen molar-refractivity contribution < 1.29 is 4.39 Å². The molecule has 0 saturated heterocycles. The topological polar surface area (TPSA) is 0 Å². The van der Waals surface area contributed by atoms with Crippen LogP contribution < -0.4 is 0 Å².